The molecule has 0 fully saturated rings. The number of anilines is 1. The molecule has 0 amide bonds. The van der Waals surface area contributed by atoms with Crippen molar-refractivity contribution in [2.24, 2.45) is 7.05 Å². The summed E-state index contributed by atoms with van der Waals surface area (Å²) in [6.45, 7) is 8.36. The van der Waals surface area contributed by atoms with E-state index in [1.54, 1.807) is 6.20 Å². The molecule has 2 heterocycles. The minimum atomic E-state index is -0.0710. The van der Waals surface area contributed by atoms with Crippen molar-refractivity contribution in [1.82, 2.24) is 19.7 Å². The second-order valence-electron chi connectivity index (χ2n) is 5.61. The number of aromatic nitrogens is 4. The molecule has 0 saturated heterocycles. The predicted octanol–water partition coefficient (Wildman–Crippen LogP) is 2.67. The van der Waals surface area contributed by atoms with Crippen molar-refractivity contribution in [3.8, 4) is 11.4 Å². The van der Waals surface area contributed by atoms with Gasteiger partial charge in [-0.3, -0.25) is 4.68 Å². The van der Waals surface area contributed by atoms with Gasteiger partial charge in [0, 0.05) is 18.2 Å². The number of hydrogen-bond acceptors (Lipinski definition) is 4. The third-order valence-electron chi connectivity index (χ3n) is 3.06. The quantitative estimate of drug-likeness (QED) is 0.783. The van der Waals surface area contributed by atoms with Crippen LogP contribution in [0.25, 0.3) is 11.4 Å². The number of rotatable bonds is 1. The second-order valence-corrected chi connectivity index (χ2v) is 6.69. The van der Waals surface area contributed by atoms with Crippen LogP contribution in [-0.4, -0.2) is 19.7 Å². The van der Waals surface area contributed by atoms with Crippen LogP contribution in [0.1, 0.15) is 32.2 Å². The van der Waals surface area contributed by atoms with E-state index in [-0.39, 0.29) is 5.41 Å². The van der Waals surface area contributed by atoms with Gasteiger partial charge < -0.3 is 5.73 Å². The average molecular weight is 371 g/mol. The molecule has 2 aromatic heterocycles. The molecule has 0 aromatic carbocycles. The minimum Gasteiger partial charge on any atom is -0.383 e. The van der Waals surface area contributed by atoms with E-state index in [4.69, 9.17) is 10.7 Å². The molecular weight excluding hydrogens is 353 g/mol. The smallest absolute Gasteiger partial charge is 0.165 e. The summed E-state index contributed by atoms with van der Waals surface area (Å²) < 4.78 is 2.74. The van der Waals surface area contributed by atoms with Gasteiger partial charge in [-0.05, 0) is 29.5 Å². The number of nitrogen functional groups attached to an aromatic ring is 1. The predicted molar refractivity (Wildman–Crippen MR) is 84.8 cm³/mol. The normalized spacial score (nSPS) is 11.9. The van der Waals surface area contributed by atoms with Crippen LogP contribution in [0.2, 0.25) is 0 Å². The minimum absolute atomic E-state index is 0.0710. The first kappa shape index (κ1) is 14.2. The number of aryl methyl sites for hydroxylation is 1. The van der Waals surface area contributed by atoms with E-state index in [0.717, 1.165) is 20.5 Å². The van der Waals surface area contributed by atoms with Crippen molar-refractivity contribution < 1.29 is 0 Å². The van der Waals surface area contributed by atoms with Gasteiger partial charge >= 0.3 is 0 Å². The Balaban J connectivity index is 2.67. The van der Waals surface area contributed by atoms with Crippen molar-refractivity contribution in [2.45, 2.75) is 33.1 Å². The summed E-state index contributed by atoms with van der Waals surface area (Å²) in [6, 6.07) is 0. The second kappa shape index (κ2) is 4.73. The number of hydrogen-bond donors (Lipinski definition) is 1. The fourth-order valence-corrected chi connectivity index (χ4v) is 2.85. The molecule has 0 atom stereocenters. The summed E-state index contributed by atoms with van der Waals surface area (Å²) in [6.07, 6.45) is 1.78. The van der Waals surface area contributed by atoms with E-state index < -0.39 is 0 Å². The van der Waals surface area contributed by atoms with Gasteiger partial charge in [-0.25, -0.2) is 9.97 Å². The molecule has 0 spiro atoms. The molecule has 0 aliphatic heterocycles. The lowest BCUT2D eigenvalue weighted by atomic mass is 9.92. The Bertz CT molecular complexity index is 625. The molecule has 2 rings (SSSR count). The molecule has 102 valence electrons. The van der Waals surface area contributed by atoms with E-state index in [0.29, 0.717) is 11.6 Å². The van der Waals surface area contributed by atoms with Gasteiger partial charge in [-0.2, -0.15) is 5.10 Å². The third-order valence-corrected chi connectivity index (χ3v) is 4.13. The number of halogens is 1. The van der Waals surface area contributed by atoms with Crippen molar-refractivity contribution in [1.29, 1.82) is 0 Å². The van der Waals surface area contributed by atoms with Gasteiger partial charge in [-0.1, -0.05) is 20.8 Å². The lowest BCUT2D eigenvalue weighted by Crippen LogP contribution is -2.18. The summed E-state index contributed by atoms with van der Waals surface area (Å²) in [5, 5.41) is 4.23. The molecule has 0 saturated carbocycles. The van der Waals surface area contributed by atoms with Crippen molar-refractivity contribution in [3.05, 3.63) is 21.2 Å². The van der Waals surface area contributed by atoms with Crippen LogP contribution < -0.4 is 5.73 Å². The highest BCUT2D eigenvalue weighted by atomic mass is 127. The first-order valence-electron chi connectivity index (χ1n) is 6.04. The number of nitrogens with two attached hydrogens (primary N) is 1. The highest BCUT2D eigenvalue weighted by molar-refractivity contribution is 14.1. The van der Waals surface area contributed by atoms with Crippen LogP contribution in [0.3, 0.4) is 0 Å². The van der Waals surface area contributed by atoms with E-state index in [1.807, 2.05) is 18.7 Å². The van der Waals surface area contributed by atoms with E-state index in [1.165, 1.54) is 0 Å². The van der Waals surface area contributed by atoms with Gasteiger partial charge in [0.1, 0.15) is 5.82 Å². The van der Waals surface area contributed by atoms with Crippen LogP contribution in [0, 0.1) is 10.5 Å². The van der Waals surface area contributed by atoms with E-state index in [9.17, 15) is 0 Å². The molecule has 19 heavy (non-hydrogen) atoms. The summed E-state index contributed by atoms with van der Waals surface area (Å²) >= 11 is 2.21. The maximum Gasteiger partial charge on any atom is 0.165 e. The van der Waals surface area contributed by atoms with Gasteiger partial charge in [0.05, 0.1) is 21.0 Å². The summed E-state index contributed by atoms with van der Waals surface area (Å²) in [5.74, 6) is 1.17. The molecule has 0 aliphatic carbocycles. The Kier molecular flexibility index (Phi) is 3.55. The largest absolute Gasteiger partial charge is 0.383 e. The van der Waals surface area contributed by atoms with Gasteiger partial charge in [0.15, 0.2) is 5.82 Å². The molecule has 5 nitrogen and oxygen atoms in total. The van der Waals surface area contributed by atoms with Crippen LogP contribution in [-0.2, 0) is 12.5 Å². The summed E-state index contributed by atoms with van der Waals surface area (Å²) in [4.78, 5) is 9.09. The van der Waals surface area contributed by atoms with Crippen LogP contribution in [0.4, 0.5) is 5.82 Å². The topological polar surface area (TPSA) is 69.6 Å². The zero-order valence-corrected chi connectivity index (χ0v) is 14.0. The molecule has 2 aromatic rings. The van der Waals surface area contributed by atoms with Crippen LogP contribution >= 0.6 is 22.6 Å². The highest BCUT2D eigenvalue weighted by Crippen LogP contribution is 2.30. The van der Waals surface area contributed by atoms with E-state index >= 15 is 0 Å². The first-order valence-corrected chi connectivity index (χ1v) is 7.12. The van der Waals surface area contributed by atoms with Crippen molar-refractivity contribution in [2.75, 3.05) is 5.73 Å². The Morgan fingerprint density at radius 1 is 1.26 bits per heavy atom. The molecule has 0 aliphatic rings. The Labute approximate surface area is 126 Å². The third kappa shape index (κ3) is 2.58. The zero-order chi connectivity index (χ0) is 14.4. The first-order chi connectivity index (χ1) is 8.71. The summed E-state index contributed by atoms with van der Waals surface area (Å²) in [7, 11) is 1.90. The van der Waals surface area contributed by atoms with Gasteiger partial charge in [0.25, 0.3) is 0 Å². The SMILES string of the molecule is Cc1c(-c2nc(N)c(I)c(C(C)(C)C)n2)cnn1C. The Morgan fingerprint density at radius 2 is 1.89 bits per heavy atom. The van der Waals surface area contributed by atoms with Crippen molar-refractivity contribution >= 4 is 28.4 Å². The zero-order valence-electron chi connectivity index (χ0n) is 11.8. The Hall–Kier alpha value is -1.18. The fraction of sp³-hybridized carbons (Fsp3) is 0.462. The maximum absolute atomic E-state index is 6.03. The molecule has 0 bridgehead atoms. The standard InChI is InChI=1S/C13H18IN5/c1-7-8(6-16-19(7)5)12-17-10(13(2,3)4)9(14)11(15)18-12/h6H,1-5H3,(H2,15,17,18). The molecule has 2 N–H and O–H groups in total. The lowest BCUT2D eigenvalue weighted by Gasteiger charge is -2.20. The van der Waals surface area contributed by atoms with Gasteiger partial charge in [-0.15, -0.1) is 0 Å². The monoisotopic (exact) mass is 371 g/mol. The van der Waals surface area contributed by atoms with Crippen molar-refractivity contribution in [3.63, 3.8) is 0 Å². The summed E-state index contributed by atoms with van der Waals surface area (Å²) in [5.41, 5.74) is 8.88. The van der Waals surface area contributed by atoms with E-state index in [2.05, 4.69) is 53.4 Å². The fourth-order valence-electron chi connectivity index (χ4n) is 1.80. The molecular formula is C13H18IN5. The molecule has 0 unspecified atom stereocenters. The Morgan fingerprint density at radius 3 is 2.37 bits per heavy atom. The maximum atomic E-state index is 6.03. The van der Waals surface area contributed by atoms with Gasteiger partial charge in [0.2, 0.25) is 0 Å². The molecule has 6 heteroatoms. The van der Waals surface area contributed by atoms with Crippen LogP contribution in [0.15, 0.2) is 6.20 Å². The molecule has 0 radical (unpaired) electrons. The number of nitrogens with zero attached hydrogens (tertiary/aromatic N) is 4. The highest BCUT2D eigenvalue weighted by Gasteiger charge is 2.23. The average Bonchev–Trinajstić information content (AvgIpc) is 2.62. The lowest BCUT2D eigenvalue weighted by molar-refractivity contribution is 0.564. The van der Waals surface area contributed by atoms with Crippen LogP contribution in [0.5, 0.6) is 0 Å².